The topological polar surface area (TPSA) is 64.5 Å². The Kier molecular flexibility index (Phi) is 2.87. The Morgan fingerprint density at radius 3 is 3.09 bits per heavy atom. The number of benzene rings is 2. The first-order valence-corrected chi connectivity index (χ1v) is 7.49. The van der Waals surface area contributed by atoms with Gasteiger partial charge in [-0.25, -0.2) is 0 Å². The number of nitrogens with zero attached hydrogens (tertiary/aromatic N) is 2. The van der Waals surface area contributed by atoms with Crippen LogP contribution in [0.1, 0.15) is 34.8 Å². The maximum absolute atomic E-state index is 9.22. The molecular weight excluding hydrogens is 272 g/mol. The Morgan fingerprint density at radius 2 is 2.23 bits per heavy atom. The average molecular weight is 288 g/mol. The second kappa shape index (κ2) is 4.88. The minimum Gasteiger partial charge on any atom is -0.378 e. The van der Waals surface area contributed by atoms with Crippen molar-refractivity contribution in [3.8, 4) is 6.07 Å². The average Bonchev–Trinajstić information content (AvgIpc) is 3.12. The lowest BCUT2D eigenvalue weighted by Gasteiger charge is -2.16. The zero-order valence-electron chi connectivity index (χ0n) is 12.4. The molecule has 0 amide bonds. The molecule has 1 atom stereocenters. The molecule has 4 heteroatoms. The fraction of sp³-hybridized carbons (Fsp3) is 0.222. The van der Waals surface area contributed by atoms with E-state index in [0.717, 1.165) is 40.7 Å². The van der Waals surface area contributed by atoms with Crippen molar-refractivity contribution in [3.63, 3.8) is 0 Å². The van der Waals surface area contributed by atoms with Gasteiger partial charge in [0.1, 0.15) is 0 Å². The lowest BCUT2D eigenvalue weighted by atomic mass is 10.0. The molecule has 3 aromatic rings. The lowest BCUT2D eigenvalue weighted by molar-refractivity contribution is 0.762. The Balaban J connectivity index is 1.68. The molecule has 0 bridgehead atoms. The summed E-state index contributed by atoms with van der Waals surface area (Å²) in [6.07, 6.45) is 1.99. The zero-order valence-corrected chi connectivity index (χ0v) is 12.4. The summed E-state index contributed by atoms with van der Waals surface area (Å²) >= 11 is 0. The largest absolute Gasteiger partial charge is 0.378 e. The van der Waals surface area contributed by atoms with Crippen LogP contribution in [0.25, 0.3) is 10.9 Å². The molecule has 0 spiro atoms. The van der Waals surface area contributed by atoms with Crippen LogP contribution in [0.3, 0.4) is 0 Å². The van der Waals surface area contributed by atoms with E-state index in [0.29, 0.717) is 0 Å². The molecule has 0 saturated heterocycles. The number of rotatable bonds is 2. The van der Waals surface area contributed by atoms with Crippen LogP contribution in [0.4, 0.5) is 5.69 Å². The highest BCUT2D eigenvalue weighted by Gasteiger charge is 2.24. The van der Waals surface area contributed by atoms with Gasteiger partial charge >= 0.3 is 0 Å². The van der Waals surface area contributed by atoms with Gasteiger partial charge in [0, 0.05) is 11.1 Å². The summed E-state index contributed by atoms with van der Waals surface area (Å²) in [4.78, 5) is 0. The van der Waals surface area contributed by atoms with E-state index in [1.54, 1.807) is 0 Å². The molecule has 0 radical (unpaired) electrons. The van der Waals surface area contributed by atoms with Crippen LogP contribution in [0.15, 0.2) is 36.4 Å². The van der Waals surface area contributed by atoms with E-state index >= 15 is 0 Å². The second-order valence-corrected chi connectivity index (χ2v) is 5.79. The lowest BCUT2D eigenvalue weighted by Crippen LogP contribution is -2.07. The van der Waals surface area contributed by atoms with Crippen LogP contribution < -0.4 is 5.32 Å². The fourth-order valence-electron chi connectivity index (χ4n) is 3.35. The van der Waals surface area contributed by atoms with Gasteiger partial charge in [-0.05, 0) is 55.2 Å². The molecule has 0 saturated carbocycles. The minimum atomic E-state index is 0.271. The molecule has 2 aromatic carbocycles. The number of H-pyrrole nitrogens is 1. The van der Waals surface area contributed by atoms with Gasteiger partial charge in [-0.15, -0.1) is 0 Å². The number of aryl methyl sites for hydroxylation is 1. The van der Waals surface area contributed by atoms with Crippen molar-refractivity contribution in [2.75, 3.05) is 5.32 Å². The van der Waals surface area contributed by atoms with Gasteiger partial charge in [-0.3, -0.25) is 5.10 Å². The van der Waals surface area contributed by atoms with E-state index < -0.39 is 0 Å². The van der Waals surface area contributed by atoms with Crippen molar-refractivity contribution in [2.45, 2.75) is 25.8 Å². The van der Waals surface area contributed by atoms with Crippen molar-refractivity contribution >= 4 is 16.6 Å². The van der Waals surface area contributed by atoms with Crippen LogP contribution in [0.2, 0.25) is 0 Å². The summed E-state index contributed by atoms with van der Waals surface area (Å²) in [6, 6.07) is 14.8. The number of fused-ring (bicyclic) bond motifs is 2. The molecule has 4 nitrogen and oxygen atoms in total. The molecule has 1 aliphatic carbocycles. The highest BCUT2D eigenvalue weighted by atomic mass is 15.1. The smallest absolute Gasteiger partial charge is 0.0994 e. The first-order valence-electron chi connectivity index (χ1n) is 7.49. The Bertz CT molecular complexity index is 901. The maximum Gasteiger partial charge on any atom is 0.0994 e. The van der Waals surface area contributed by atoms with Crippen LogP contribution in [-0.4, -0.2) is 10.2 Å². The van der Waals surface area contributed by atoms with Gasteiger partial charge in [0.25, 0.3) is 0 Å². The van der Waals surface area contributed by atoms with Crippen LogP contribution >= 0.6 is 0 Å². The quantitative estimate of drug-likeness (QED) is 0.753. The van der Waals surface area contributed by atoms with Gasteiger partial charge in [-0.1, -0.05) is 12.1 Å². The summed E-state index contributed by atoms with van der Waals surface area (Å²) in [5, 5.41) is 21.2. The monoisotopic (exact) mass is 288 g/mol. The molecule has 108 valence electrons. The number of anilines is 1. The zero-order chi connectivity index (χ0) is 15.1. The second-order valence-electron chi connectivity index (χ2n) is 5.79. The third-order valence-corrected chi connectivity index (χ3v) is 4.49. The summed E-state index contributed by atoms with van der Waals surface area (Å²) in [5.74, 6) is 0. The standard InChI is InChI=1S/C18H16N4/c1-11-16-9-13(5-7-18(16)22-21-11)20-17-8-6-14-12(10-19)3-2-4-15(14)17/h2-5,7,9,17,20H,6,8H2,1H3,(H,21,22). The molecule has 1 aliphatic rings. The van der Waals surface area contributed by atoms with Gasteiger partial charge in [-0.2, -0.15) is 10.4 Å². The molecule has 0 fully saturated rings. The first-order chi connectivity index (χ1) is 10.8. The van der Waals surface area contributed by atoms with Crippen molar-refractivity contribution in [1.82, 2.24) is 10.2 Å². The van der Waals surface area contributed by atoms with E-state index in [4.69, 9.17) is 0 Å². The van der Waals surface area contributed by atoms with Crippen LogP contribution in [0, 0.1) is 18.3 Å². The fourth-order valence-corrected chi connectivity index (χ4v) is 3.35. The Labute approximate surface area is 128 Å². The van der Waals surface area contributed by atoms with Crippen LogP contribution in [-0.2, 0) is 6.42 Å². The van der Waals surface area contributed by atoms with Gasteiger partial charge < -0.3 is 5.32 Å². The molecular formula is C18H16N4. The van der Waals surface area contributed by atoms with Crippen LogP contribution in [0.5, 0.6) is 0 Å². The molecule has 0 aliphatic heterocycles. The highest BCUT2D eigenvalue weighted by Crippen LogP contribution is 2.36. The van der Waals surface area contributed by atoms with Crippen molar-refractivity contribution < 1.29 is 0 Å². The third kappa shape index (κ3) is 1.94. The number of nitriles is 1. The Hall–Kier alpha value is -2.80. The molecule has 1 aromatic heterocycles. The SMILES string of the molecule is Cc1n[nH]c2ccc(NC3CCc4c(C#N)cccc43)cc12. The van der Waals surface area contributed by atoms with E-state index in [1.807, 2.05) is 19.1 Å². The molecule has 4 rings (SSSR count). The van der Waals surface area contributed by atoms with Crippen molar-refractivity contribution in [2.24, 2.45) is 0 Å². The predicted octanol–water partition coefficient (Wildman–Crippen LogP) is 3.84. The van der Waals surface area contributed by atoms with E-state index in [1.165, 1.54) is 11.1 Å². The van der Waals surface area contributed by atoms with Crippen molar-refractivity contribution in [1.29, 1.82) is 5.26 Å². The van der Waals surface area contributed by atoms with Gasteiger partial charge in [0.2, 0.25) is 0 Å². The molecule has 2 N–H and O–H groups in total. The summed E-state index contributed by atoms with van der Waals surface area (Å²) in [6.45, 7) is 2.01. The number of aromatic nitrogens is 2. The highest BCUT2D eigenvalue weighted by molar-refractivity contribution is 5.84. The molecule has 22 heavy (non-hydrogen) atoms. The van der Waals surface area contributed by atoms with Crippen molar-refractivity contribution in [3.05, 3.63) is 58.8 Å². The van der Waals surface area contributed by atoms with E-state index in [2.05, 4.69) is 45.8 Å². The predicted molar refractivity (Wildman–Crippen MR) is 86.7 cm³/mol. The molecule has 1 unspecified atom stereocenters. The first kappa shape index (κ1) is 12.9. The third-order valence-electron chi connectivity index (χ3n) is 4.49. The molecule has 1 heterocycles. The van der Waals surface area contributed by atoms with E-state index in [-0.39, 0.29) is 6.04 Å². The summed E-state index contributed by atoms with van der Waals surface area (Å²) in [5.41, 5.74) is 6.42. The normalized spacial score (nSPS) is 16.5. The minimum absolute atomic E-state index is 0.271. The maximum atomic E-state index is 9.22. The summed E-state index contributed by atoms with van der Waals surface area (Å²) < 4.78 is 0. The number of hydrogen-bond donors (Lipinski definition) is 2. The number of hydrogen-bond acceptors (Lipinski definition) is 3. The summed E-state index contributed by atoms with van der Waals surface area (Å²) in [7, 11) is 0. The Morgan fingerprint density at radius 1 is 1.32 bits per heavy atom. The number of aromatic amines is 1. The van der Waals surface area contributed by atoms with Gasteiger partial charge in [0.15, 0.2) is 0 Å². The number of nitrogens with one attached hydrogen (secondary N) is 2. The van der Waals surface area contributed by atoms with E-state index in [9.17, 15) is 5.26 Å². The van der Waals surface area contributed by atoms with Gasteiger partial charge in [0.05, 0.1) is 28.9 Å².